The zero-order chi connectivity index (χ0) is 15.7. The van der Waals surface area contributed by atoms with E-state index in [1.807, 2.05) is 0 Å². The van der Waals surface area contributed by atoms with Crippen LogP contribution in [0, 0.1) is 0 Å². The number of carbonyl (C=O) groups excluding carboxylic acids is 1. The van der Waals surface area contributed by atoms with Gasteiger partial charge < -0.3 is 20.5 Å². The fourth-order valence-electron chi connectivity index (χ4n) is 1.93. The SMILES string of the molecule is CCCCC(CN)NC(=O)C(C)Oc1ccc(OC)cc1. The third-order valence-corrected chi connectivity index (χ3v) is 3.28. The molecule has 1 aromatic carbocycles. The van der Waals surface area contributed by atoms with E-state index in [0.717, 1.165) is 25.0 Å². The van der Waals surface area contributed by atoms with Gasteiger partial charge in [0.15, 0.2) is 6.10 Å². The van der Waals surface area contributed by atoms with Crippen molar-refractivity contribution in [2.75, 3.05) is 13.7 Å². The summed E-state index contributed by atoms with van der Waals surface area (Å²) in [4.78, 5) is 12.1. The molecule has 1 rings (SSSR count). The van der Waals surface area contributed by atoms with Gasteiger partial charge >= 0.3 is 0 Å². The molecule has 0 bridgehead atoms. The molecule has 0 heterocycles. The lowest BCUT2D eigenvalue weighted by molar-refractivity contribution is -0.128. The van der Waals surface area contributed by atoms with Crippen LogP contribution in [-0.4, -0.2) is 31.7 Å². The molecular formula is C16H26N2O3. The van der Waals surface area contributed by atoms with E-state index in [4.69, 9.17) is 15.2 Å². The second-order valence-corrected chi connectivity index (χ2v) is 5.02. The lowest BCUT2D eigenvalue weighted by Crippen LogP contribution is -2.45. The number of ether oxygens (including phenoxy) is 2. The van der Waals surface area contributed by atoms with Crippen LogP contribution in [0.1, 0.15) is 33.1 Å². The first-order chi connectivity index (χ1) is 10.1. The molecule has 0 fully saturated rings. The van der Waals surface area contributed by atoms with Gasteiger partial charge in [-0.2, -0.15) is 0 Å². The van der Waals surface area contributed by atoms with E-state index in [9.17, 15) is 4.79 Å². The second-order valence-electron chi connectivity index (χ2n) is 5.02. The average molecular weight is 294 g/mol. The van der Waals surface area contributed by atoms with Crippen molar-refractivity contribution >= 4 is 5.91 Å². The Morgan fingerprint density at radius 2 is 1.90 bits per heavy atom. The van der Waals surface area contributed by atoms with Crippen LogP contribution in [0.3, 0.4) is 0 Å². The van der Waals surface area contributed by atoms with Crippen LogP contribution in [-0.2, 0) is 4.79 Å². The minimum Gasteiger partial charge on any atom is -0.497 e. The number of carbonyl (C=O) groups is 1. The maximum absolute atomic E-state index is 12.1. The van der Waals surface area contributed by atoms with Crippen LogP contribution in [0.2, 0.25) is 0 Å². The van der Waals surface area contributed by atoms with E-state index in [-0.39, 0.29) is 11.9 Å². The summed E-state index contributed by atoms with van der Waals surface area (Å²) in [6.07, 6.45) is 2.47. The molecule has 0 aliphatic carbocycles. The summed E-state index contributed by atoms with van der Waals surface area (Å²) in [5, 5.41) is 2.93. The fraction of sp³-hybridized carbons (Fsp3) is 0.562. The first kappa shape index (κ1) is 17.3. The molecule has 2 atom stereocenters. The van der Waals surface area contributed by atoms with Crippen LogP contribution in [0.25, 0.3) is 0 Å². The predicted octanol–water partition coefficient (Wildman–Crippen LogP) is 2.10. The van der Waals surface area contributed by atoms with E-state index in [1.54, 1.807) is 38.3 Å². The van der Waals surface area contributed by atoms with Gasteiger partial charge in [0, 0.05) is 12.6 Å². The van der Waals surface area contributed by atoms with Gasteiger partial charge in [0.2, 0.25) is 0 Å². The van der Waals surface area contributed by atoms with Gasteiger partial charge in [0.05, 0.1) is 7.11 Å². The lowest BCUT2D eigenvalue weighted by atomic mass is 10.1. The summed E-state index contributed by atoms with van der Waals surface area (Å²) in [6.45, 7) is 4.29. The highest BCUT2D eigenvalue weighted by atomic mass is 16.5. The number of nitrogens with one attached hydrogen (secondary N) is 1. The maximum Gasteiger partial charge on any atom is 0.261 e. The van der Waals surface area contributed by atoms with Gasteiger partial charge in [-0.15, -0.1) is 0 Å². The van der Waals surface area contributed by atoms with E-state index in [1.165, 1.54) is 0 Å². The van der Waals surface area contributed by atoms with Crippen LogP contribution in [0.4, 0.5) is 0 Å². The Kier molecular flexibility index (Phi) is 7.61. The van der Waals surface area contributed by atoms with Crippen molar-refractivity contribution in [3.8, 4) is 11.5 Å². The first-order valence-electron chi connectivity index (χ1n) is 7.41. The molecule has 0 saturated carbocycles. The highest BCUT2D eigenvalue weighted by Crippen LogP contribution is 2.18. The maximum atomic E-state index is 12.1. The zero-order valence-corrected chi connectivity index (χ0v) is 13.1. The Hall–Kier alpha value is -1.75. The molecular weight excluding hydrogens is 268 g/mol. The Balaban J connectivity index is 2.48. The Labute approximate surface area is 126 Å². The van der Waals surface area contributed by atoms with Crippen molar-refractivity contribution in [3.05, 3.63) is 24.3 Å². The summed E-state index contributed by atoms with van der Waals surface area (Å²) in [7, 11) is 1.61. The van der Waals surface area contributed by atoms with Gasteiger partial charge in [-0.25, -0.2) is 0 Å². The van der Waals surface area contributed by atoms with Crippen LogP contribution in [0.5, 0.6) is 11.5 Å². The number of rotatable bonds is 9. The number of nitrogens with two attached hydrogens (primary N) is 1. The highest BCUT2D eigenvalue weighted by molar-refractivity contribution is 5.81. The van der Waals surface area contributed by atoms with Crippen molar-refractivity contribution in [2.24, 2.45) is 5.73 Å². The van der Waals surface area contributed by atoms with Crippen molar-refractivity contribution in [1.82, 2.24) is 5.32 Å². The topological polar surface area (TPSA) is 73.6 Å². The Morgan fingerprint density at radius 3 is 2.43 bits per heavy atom. The summed E-state index contributed by atoms with van der Waals surface area (Å²) in [5.74, 6) is 1.25. The van der Waals surface area contributed by atoms with E-state index in [0.29, 0.717) is 12.3 Å². The summed E-state index contributed by atoms with van der Waals surface area (Å²) >= 11 is 0. The summed E-state index contributed by atoms with van der Waals surface area (Å²) < 4.78 is 10.7. The molecule has 0 aromatic heterocycles. The van der Waals surface area contributed by atoms with E-state index in [2.05, 4.69) is 12.2 Å². The van der Waals surface area contributed by atoms with Crippen molar-refractivity contribution in [1.29, 1.82) is 0 Å². The smallest absolute Gasteiger partial charge is 0.261 e. The highest BCUT2D eigenvalue weighted by Gasteiger charge is 2.18. The van der Waals surface area contributed by atoms with Gasteiger partial charge in [-0.05, 0) is 37.6 Å². The van der Waals surface area contributed by atoms with Gasteiger partial charge in [0.1, 0.15) is 11.5 Å². The third-order valence-electron chi connectivity index (χ3n) is 3.28. The zero-order valence-electron chi connectivity index (χ0n) is 13.1. The first-order valence-corrected chi connectivity index (χ1v) is 7.41. The summed E-state index contributed by atoms with van der Waals surface area (Å²) in [6, 6.07) is 7.16. The standard InChI is InChI=1S/C16H26N2O3/c1-4-5-6-13(11-17)18-16(19)12(2)21-15-9-7-14(20-3)8-10-15/h7-10,12-13H,4-6,11,17H2,1-3H3,(H,18,19). The molecule has 5 heteroatoms. The molecule has 1 amide bonds. The van der Waals surface area contributed by atoms with Crippen LogP contribution in [0.15, 0.2) is 24.3 Å². The molecule has 0 aliphatic rings. The van der Waals surface area contributed by atoms with Crippen LogP contribution < -0.4 is 20.5 Å². The third kappa shape index (κ3) is 6.04. The number of unbranched alkanes of at least 4 members (excludes halogenated alkanes) is 1. The molecule has 0 aliphatic heterocycles. The minimum absolute atomic E-state index is 0.0133. The molecule has 0 saturated heterocycles. The van der Waals surface area contributed by atoms with Crippen LogP contribution >= 0.6 is 0 Å². The second kappa shape index (κ2) is 9.23. The Morgan fingerprint density at radius 1 is 1.29 bits per heavy atom. The van der Waals surface area contributed by atoms with Crippen molar-refractivity contribution in [2.45, 2.75) is 45.3 Å². The minimum atomic E-state index is -0.561. The molecule has 1 aromatic rings. The van der Waals surface area contributed by atoms with E-state index >= 15 is 0 Å². The normalized spacial score (nSPS) is 13.3. The molecule has 0 spiro atoms. The summed E-state index contributed by atoms with van der Waals surface area (Å²) in [5.41, 5.74) is 5.68. The number of amides is 1. The molecule has 0 radical (unpaired) electrons. The van der Waals surface area contributed by atoms with Gasteiger partial charge in [-0.1, -0.05) is 19.8 Å². The van der Waals surface area contributed by atoms with Gasteiger partial charge in [0.25, 0.3) is 5.91 Å². The molecule has 3 N–H and O–H groups in total. The monoisotopic (exact) mass is 294 g/mol. The van der Waals surface area contributed by atoms with Crippen molar-refractivity contribution in [3.63, 3.8) is 0 Å². The van der Waals surface area contributed by atoms with Gasteiger partial charge in [-0.3, -0.25) is 4.79 Å². The Bertz CT molecular complexity index is 420. The average Bonchev–Trinajstić information content (AvgIpc) is 2.51. The molecule has 118 valence electrons. The predicted molar refractivity (Wildman–Crippen MR) is 83.6 cm³/mol. The van der Waals surface area contributed by atoms with Crippen molar-refractivity contribution < 1.29 is 14.3 Å². The van der Waals surface area contributed by atoms with E-state index < -0.39 is 6.10 Å². The number of methoxy groups -OCH3 is 1. The number of hydrogen-bond acceptors (Lipinski definition) is 4. The number of benzene rings is 1. The quantitative estimate of drug-likeness (QED) is 0.731. The lowest BCUT2D eigenvalue weighted by Gasteiger charge is -2.20. The fourth-order valence-corrected chi connectivity index (χ4v) is 1.93. The molecule has 5 nitrogen and oxygen atoms in total. The molecule has 21 heavy (non-hydrogen) atoms. The molecule has 2 unspecified atom stereocenters. The number of hydrogen-bond donors (Lipinski definition) is 2. The largest absolute Gasteiger partial charge is 0.497 e.